The number of benzene rings is 1. The highest BCUT2D eigenvalue weighted by Gasteiger charge is 2.24. The molecule has 1 unspecified atom stereocenters. The molecule has 1 aliphatic heterocycles. The Kier molecular flexibility index (Phi) is 5.30. The maximum Gasteiger partial charge on any atom is 0.124 e. The molecule has 0 amide bonds. The molecule has 1 N–H and O–H groups in total. The van der Waals surface area contributed by atoms with Gasteiger partial charge in [0.05, 0.1) is 26.9 Å². The van der Waals surface area contributed by atoms with Gasteiger partial charge in [0.1, 0.15) is 17.3 Å². The summed E-state index contributed by atoms with van der Waals surface area (Å²) in [5, 5.41) is 3.52. The SMILES string of the molecule is CCCNC(C1=CCCO1)c1cc(OC)ccc1OC. The molecule has 0 saturated heterocycles. The van der Waals surface area contributed by atoms with Gasteiger partial charge in [-0.2, -0.15) is 0 Å². The molecule has 4 heteroatoms. The largest absolute Gasteiger partial charge is 0.497 e. The van der Waals surface area contributed by atoms with Gasteiger partial charge >= 0.3 is 0 Å². The zero-order valence-corrected chi connectivity index (χ0v) is 12.4. The molecule has 0 spiro atoms. The van der Waals surface area contributed by atoms with Crippen molar-refractivity contribution < 1.29 is 14.2 Å². The average molecular weight is 277 g/mol. The lowest BCUT2D eigenvalue weighted by molar-refractivity contribution is 0.214. The normalized spacial score (nSPS) is 15.4. The monoisotopic (exact) mass is 277 g/mol. The van der Waals surface area contributed by atoms with E-state index in [1.165, 1.54) is 0 Å². The minimum absolute atomic E-state index is 0.0162. The van der Waals surface area contributed by atoms with Gasteiger partial charge in [0.2, 0.25) is 0 Å². The summed E-state index contributed by atoms with van der Waals surface area (Å²) >= 11 is 0. The average Bonchev–Trinajstić information content (AvgIpc) is 3.01. The molecule has 0 radical (unpaired) electrons. The molecule has 0 aromatic heterocycles. The molecule has 1 aliphatic rings. The number of hydrogen-bond donors (Lipinski definition) is 1. The predicted molar refractivity (Wildman–Crippen MR) is 79.2 cm³/mol. The first-order valence-electron chi connectivity index (χ1n) is 7.08. The van der Waals surface area contributed by atoms with E-state index >= 15 is 0 Å². The van der Waals surface area contributed by atoms with Crippen molar-refractivity contribution >= 4 is 0 Å². The van der Waals surface area contributed by atoms with Gasteiger partial charge in [-0.3, -0.25) is 0 Å². The van der Waals surface area contributed by atoms with Crippen molar-refractivity contribution in [3.63, 3.8) is 0 Å². The summed E-state index contributed by atoms with van der Waals surface area (Å²) in [5.74, 6) is 2.64. The molecular formula is C16H23NO3. The fourth-order valence-corrected chi connectivity index (χ4v) is 2.36. The van der Waals surface area contributed by atoms with Crippen LogP contribution in [0.4, 0.5) is 0 Å². The van der Waals surface area contributed by atoms with Crippen LogP contribution in [0, 0.1) is 0 Å². The number of hydrogen-bond acceptors (Lipinski definition) is 4. The van der Waals surface area contributed by atoms with E-state index in [2.05, 4.69) is 18.3 Å². The molecule has 0 bridgehead atoms. The third-order valence-corrected chi connectivity index (χ3v) is 3.36. The highest BCUT2D eigenvalue weighted by atomic mass is 16.5. The van der Waals surface area contributed by atoms with Crippen molar-refractivity contribution in [2.75, 3.05) is 27.4 Å². The summed E-state index contributed by atoms with van der Waals surface area (Å²) in [6.07, 6.45) is 4.17. The van der Waals surface area contributed by atoms with Gasteiger partial charge in [0.25, 0.3) is 0 Å². The third kappa shape index (κ3) is 3.25. The Hall–Kier alpha value is -1.68. The molecule has 2 rings (SSSR count). The number of ether oxygens (including phenoxy) is 3. The fourth-order valence-electron chi connectivity index (χ4n) is 2.36. The standard InChI is InChI=1S/C16H23NO3/c1-4-9-17-16(15-6-5-10-20-15)13-11-12(18-2)7-8-14(13)19-3/h6-8,11,16-17H,4-5,9-10H2,1-3H3. The Bertz CT molecular complexity index is 471. The molecule has 1 heterocycles. The van der Waals surface area contributed by atoms with Gasteiger partial charge in [-0.25, -0.2) is 0 Å². The van der Waals surface area contributed by atoms with Crippen molar-refractivity contribution in [1.82, 2.24) is 5.32 Å². The van der Waals surface area contributed by atoms with E-state index < -0.39 is 0 Å². The lowest BCUT2D eigenvalue weighted by atomic mass is 10.0. The van der Waals surface area contributed by atoms with Crippen molar-refractivity contribution in [2.45, 2.75) is 25.8 Å². The van der Waals surface area contributed by atoms with Gasteiger partial charge in [-0.15, -0.1) is 0 Å². The van der Waals surface area contributed by atoms with Crippen LogP contribution in [0.25, 0.3) is 0 Å². The Morgan fingerprint density at radius 3 is 2.75 bits per heavy atom. The molecule has 110 valence electrons. The van der Waals surface area contributed by atoms with Crippen molar-refractivity contribution in [1.29, 1.82) is 0 Å². The smallest absolute Gasteiger partial charge is 0.124 e. The van der Waals surface area contributed by atoms with Crippen LogP contribution in [0.1, 0.15) is 31.4 Å². The van der Waals surface area contributed by atoms with Crippen LogP contribution in [0.15, 0.2) is 30.0 Å². The molecule has 0 aliphatic carbocycles. The van der Waals surface area contributed by atoms with E-state index in [4.69, 9.17) is 14.2 Å². The Labute approximate surface area is 120 Å². The molecule has 1 aromatic rings. The van der Waals surface area contributed by atoms with Gasteiger partial charge < -0.3 is 19.5 Å². The first-order chi connectivity index (χ1) is 9.80. The van der Waals surface area contributed by atoms with E-state index in [0.717, 1.165) is 48.8 Å². The predicted octanol–water partition coefficient (Wildman–Crippen LogP) is 3.05. The number of nitrogens with one attached hydrogen (secondary N) is 1. The Morgan fingerprint density at radius 1 is 1.30 bits per heavy atom. The summed E-state index contributed by atoms with van der Waals surface area (Å²) < 4.78 is 16.6. The van der Waals surface area contributed by atoms with Crippen molar-refractivity contribution in [3.8, 4) is 11.5 Å². The summed E-state index contributed by atoms with van der Waals surface area (Å²) in [7, 11) is 3.36. The molecule has 1 aromatic carbocycles. The Morgan fingerprint density at radius 2 is 2.15 bits per heavy atom. The van der Waals surface area contributed by atoms with Gasteiger partial charge in [-0.05, 0) is 37.2 Å². The molecule has 0 saturated carbocycles. The van der Waals surface area contributed by atoms with Gasteiger partial charge in [0.15, 0.2) is 0 Å². The summed E-state index contributed by atoms with van der Waals surface area (Å²) in [4.78, 5) is 0. The van der Waals surface area contributed by atoms with E-state index in [1.807, 2.05) is 18.2 Å². The molecule has 4 nitrogen and oxygen atoms in total. The molecule has 1 atom stereocenters. The second-order valence-corrected chi connectivity index (χ2v) is 4.74. The first kappa shape index (κ1) is 14.7. The van der Waals surface area contributed by atoms with E-state index in [0.29, 0.717) is 0 Å². The van der Waals surface area contributed by atoms with Crippen LogP contribution in [-0.2, 0) is 4.74 Å². The van der Waals surface area contributed by atoms with Crippen LogP contribution in [0.2, 0.25) is 0 Å². The quantitative estimate of drug-likeness (QED) is 0.831. The van der Waals surface area contributed by atoms with Crippen LogP contribution >= 0.6 is 0 Å². The van der Waals surface area contributed by atoms with Crippen molar-refractivity contribution in [3.05, 3.63) is 35.6 Å². The lowest BCUT2D eigenvalue weighted by Gasteiger charge is -2.22. The summed E-state index contributed by atoms with van der Waals surface area (Å²) in [6, 6.07) is 5.87. The second-order valence-electron chi connectivity index (χ2n) is 4.74. The Balaban J connectivity index is 2.35. The number of methoxy groups -OCH3 is 2. The van der Waals surface area contributed by atoms with Gasteiger partial charge in [-0.1, -0.05) is 6.92 Å². The zero-order valence-electron chi connectivity index (χ0n) is 12.4. The summed E-state index contributed by atoms with van der Waals surface area (Å²) in [5.41, 5.74) is 1.05. The van der Waals surface area contributed by atoms with E-state index in [1.54, 1.807) is 14.2 Å². The summed E-state index contributed by atoms with van der Waals surface area (Å²) in [6.45, 7) is 3.83. The highest BCUT2D eigenvalue weighted by molar-refractivity contribution is 5.44. The minimum Gasteiger partial charge on any atom is -0.497 e. The zero-order chi connectivity index (χ0) is 14.4. The molecular weight excluding hydrogens is 254 g/mol. The second kappa shape index (κ2) is 7.20. The van der Waals surface area contributed by atoms with Crippen LogP contribution < -0.4 is 14.8 Å². The topological polar surface area (TPSA) is 39.7 Å². The molecule has 0 fully saturated rings. The fraction of sp³-hybridized carbons (Fsp3) is 0.500. The van der Waals surface area contributed by atoms with Crippen LogP contribution in [0.5, 0.6) is 11.5 Å². The minimum atomic E-state index is 0.0162. The molecule has 20 heavy (non-hydrogen) atoms. The third-order valence-electron chi connectivity index (χ3n) is 3.36. The van der Waals surface area contributed by atoms with E-state index in [-0.39, 0.29) is 6.04 Å². The maximum atomic E-state index is 5.74. The maximum absolute atomic E-state index is 5.74. The number of rotatable bonds is 7. The van der Waals surface area contributed by atoms with Crippen molar-refractivity contribution in [2.24, 2.45) is 0 Å². The lowest BCUT2D eigenvalue weighted by Crippen LogP contribution is -2.24. The van der Waals surface area contributed by atoms with E-state index in [9.17, 15) is 0 Å². The van der Waals surface area contributed by atoms with Crippen LogP contribution in [-0.4, -0.2) is 27.4 Å². The highest BCUT2D eigenvalue weighted by Crippen LogP contribution is 2.35. The van der Waals surface area contributed by atoms with Crippen LogP contribution in [0.3, 0.4) is 0 Å². The first-order valence-corrected chi connectivity index (χ1v) is 7.08. The van der Waals surface area contributed by atoms with Gasteiger partial charge in [0, 0.05) is 12.0 Å².